The van der Waals surface area contributed by atoms with Gasteiger partial charge in [0.2, 0.25) is 0 Å². The predicted octanol–water partition coefficient (Wildman–Crippen LogP) is 3.33. The standard InChI is InChI=1S/C14H18F2N2/c1-3-18(4-2)6-5-10-9-17-14-12(10)7-11(15)8-13(14)16/h7-9,17H,3-6H2,1-2H3. The van der Waals surface area contributed by atoms with Gasteiger partial charge in [-0.25, -0.2) is 8.78 Å². The van der Waals surface area contributed by atoms with Gasteiger partial charge >= 0.3 is 0 Å². The van der Waals surface area contributed by atoms with Crippen molar-refractivity contribution in [3.8, 4) is 0 Å². The first-order valence-electron chi connectivity index (χ1n) is 6.33. The minimum absolute atomic E-state index is 0.394. The monoisotopic (exact) mass is 252 g/mol. The van der Waals surface area contributed by atoms with Gasteiger partial charge in [-0.2, -0.15) is 0 Å². The van der Waals surface area contributed by atoms with Gasteiger partial charge in [0.1, 0.15) is 11.6 Å². The molecule has 0 unspecified atom stereocenters. The summed E-state index contributed by atoms with van der Waals surface area (Å²) in [6.45, 7) is 7.09. The topological polar surface area (TPSA) is 19.0 Å². The number of H-pyrrole nitrogens is 1. The molecule has 0 aliphatic carbocycles. The lowest BCUT2D eigenvalue weighted by Gasteiger charge is -2.17. The van der Waals surface area contributed by atoms with Crippen LogP contribution < -0.4 is 0 Å². The molecule has 4 heteroatoms. The normalized spacial score (nSPS) is 11.6. The van der Waals surface area contributed by atoms with Crippen molar-refractivity contribution < 1.29 is 8.78 Å². The van der Waals surface area contributed by atoms with Gasteiger partial charge in [0.15, 0.2) is 0 Å². The highest BCUT2D eigenvalue weighted by atomic mass is 19.1. The zero-order valence-electron chi connectivity index (χ0n) is 10.8. The third-order valence-corrected chi connectivity index (χ3v) is 3.38. The lowest BCUT2D eigenvalue weighted by atomic mass is 10.1. The number of fused-ring (bicyclic) bond motifs is 1. The van der Waals surface area contributed by atoms with Crippen LogP contribution in [0.5, 0.6) is 0 Å². The van der Waals surface area contributed by atoms with Crippen LogP contribution in [0, 0.1) is 11.6 Å². The molecule has 0 aliphatic rings. The highest BCUT2D eigenvalue weighted by Gasteiger charge is 2.10. The van der Waals surface area contributed by atoms with Crippen molar-refractivity contribution in [3.05, 3.63) is 35.5 Å². The van der Waals surface area contributed by atoms with E-state index in [4.69, 9.17) is 0 Å². The molecule has 0 atom stereocenters. The van der Waals surface area contributed by atoms with E-state index in [1.165, 1.54) is 6.07 Å². The maximum Gasteiger partial charge on any atom is 0.150 e. The van der Waals surface area contributed by atoms with Crippen LogP contribution in [0.4, 0.5) is 8.78 Å². The van der Waals surface area contributed by atoms with Crippen molar-refractivity contribution in [1.82, 2.24) is 9.88 Å². The van der Waals surface area contributed by atoms with Gasteiger partial charge in [-0.15, -0.1) is 0 Å². The summed E-state index contributed by atoms with van der Waals surface area (Å²) in [5.74, 6) is -1.05. The number of benzene rings is 1. The fourth-order valence-corrected chi connectivity index (χ4v) is 2.24. The molecule has 0 radical (unpaired) electrons. The molecule has 1 aromatic carbocycles. The summed E-state index contributed by atoms with van der Waals surface area (Å²) in [6.07, 6.45) is 2.57. The Hall–Kier alpha value is -1.42. The third-order valence-electron chi connectivity index (χ3n) is 3.38. The average Bonchev–Trinajstić information content (AvgIpc) is 2.74. The molecular formula is C14H18F2N2. The number of aromatic nitrogens is 1. The van der Waals surface area contributed by atoms with E-state index in [0.717, 1.165) is 37.7 Å². The SMILES string of the molecule is CCN(CC)CCc1c[nH]c2c(F)cc(F)cc12. The van der Waals surface area contributed by atoms with Crippen molar-refractivity contribution >= 4 is 10.9 Å². The summed E-state index contributed by atoms with van der Waals surface area (Å²) in [5.41, 5.74) is 1.36. The van der Waals surface area contributed by atoms with Crippen molar-refractivity contribution in [2.45, 2.75) is 20.3 Å². The second-order valence-electron chi connectivity index (χ2n) is 4.40. The minimum atomic E-state index is -0.529. The number of hydrogen-bond donors (Lipinski definition) is 1. The van der Waals surface area contributed by atoms with Crippen LogP contribution in [0.2, 0.25) is 0 Å². The molecule has 1 N–H and O–H groups in total. The quantitative estimate of drug-likeness (QED) is 0.864. The minimum Gasteiger partial charge on any atom is -0.359 e. The molecule has 0 fully saturated rings. The van der Waals surface area contributed by atoms with Crippen LogP contribution in [-0.4, -0.2) is 29.5 Å². The van der Waals surface area contributed by atoms with E-state index in [0.29, 0.717) is 10.9 Å². The van der Waals surface area contributed by atoms with Crippen LogP contribution >= 0.6 is 0 Å². The fraction of sp³-hybridized carbons (Fsp3) is 0.429. The molecule has 0 aliphatic heterocycles. The van der Waals surface area contributed by atoms with Crippen LogP contribution in [0.3, 0.4) is 0 Å². The van der Waals surface area contributed by atoms with Crippen molar-refractivity contribution in [1.29, 1.82) is 0 Å². The van der Waals surface area contributed by atoms with Gasteiger partial charge < -0.3 is 9.88 Å². The molecule has 1 heterocycles. The molecule has 0 saturated heterocycles. The number of nitrogens with zero attached hydrogens (tertiary/aromatic N) is 1. The van der Waals surface area contributed by atoms with Gasteiger partial charge in [0.25, 0.3) is 0 Å². The number of likely N-dealkylation sites (N-methyl/N-ethyl adjacent to an activating group) is 1. The Morgan fingerprint density at radius 2 is 1.89 bits per heavy atom. The molecule has 0 spiro atoms. The Morgan fingerprint density at radius 1 is 1.17 bits per heavy atom. The molecule has 18 heavy (non-hydrogen) atoms. The van der Waals surface area contributed by atoms with E-state index in [1.54, 1.807) is 6.20 Å². The molecular weight excluding hydrogens is 234 g/mol. The summed E-state index contributed by atoms with van der Waals surface area (Å²) in [7, 11) is 0. The molecule has 2 rings (SSSR count). The Kier molecular flexibility index (Phi) is 3.97. The zero-order chi connectivity index (χ0) is 13.1. The van der Waals surface area contributed by atoms with E-state index in [9.17, 15) is 8.78 Å². The van der Waals surface area contributed by atoms with E-state index < -0.39 is 11.6 Å². The summed E-state index contributed by atoms with van der Waals surface area (Å²) >= 11 is 0. The molecule has 98 valence electrons. The van der Waals surface area contributed by atoms with Gasteiger partial charge in [-0.3, -0.25) is 0 Å². The lowest BCUT2D eigenvalue weighted by molar-refractivity contribution is 0.308. The lowest BCUT2D eigenvalue weighted by Crippen LogP contribution is -2.25. The third kappa shape index (κ3) is 2.53. The van der Waals surface area contributed by atoms with Crippen molar-refractivity contribution in [3.63, 3.8) is 0 Å². The van der Waals surface area contributed by atoms with Crippen LogP contribution in [0.25, 0.3) is 10.9 Å². The van der Waals surface area contributed by atoms with Crippen molar-refractivity contribution in [2.24, 2.45) is 0 Å². The molecule has 2 aromatic rings. The first kappa shape index (κ1) is 13.0. The Morgan fingerprint density at radius 3 is 2.56 bits per heavy atom. The molecule has 0 amide bonds. The Bertz CT molecular complexity index is 530. The average molecular weight is 252 g/mol. The highest BCUT2D eigenvalue weighted by molar-refractivity contribution is 5.83. The first-order valence-corrected chi connectivity index (χ1v) is 6.33. The summed E-state index contributed by atoms with van der Waals surface area (Å²) < 4.78 is 26.7. The molecule has 2 nitrogen and oxygen atoms in total. The maximum atomic E-state index is 13.5. The smallest absolute Gasteiger partial charge is 0.150 e. The van der Waals surface area contributed by atoms with Gasteiger partial charge in [0.05, 0.1) is 5.52 Å². The van der Waals surface area contributed by atoms with Gasteiger partial charge in [-0.05, 0) is 31.1 Å². The maximum absolute atomic E-state index is 13.5. The molecule has 0 saturated carbocycles. The second-order valence-corrected chi connectivity index (χ2v) is 4.40. The van der Waals surface area contributed by atoms with Crippen LogP contribution in [0.1, 0.15) is 19.4 Å². The van der Waals surface area contributed by atoms with Crippen LogP contribution in [0.15, 0.2) is 18.3 Å². The van der Waals surface area contributed by atoms with E-state index >= 15 is 0 Å². The predicted molar refractivity (Wildman–Crippen MR) is 69.7 cm³/mol. The van der Waals surface area contributed by atoms with Crippen molar-refractivity contribution in [2.75, 3.05) is 19.6 Å². The molecule has 1 aromatic heterocycles. The summed E-state index contributed by atoms with van der Waals surface area (Å²) in [4.78, 5) is 5.17. The number of rotatable bonds is 5. The summed E-state index contributed by atoms with van der Waals surface area (Å²) in [5, 5.41) is 0.652. The Balaban J connectivity index is 2.24. The van der Waals surface area contributed by atoms with Gasteiger partial charge in [-0.1, -0.05) is 13.8 Å². The second kappa shape index (κ2) is 5.48. The Labute approximate surface area is 106 Å². The number of aromatic amines is 1. The largest absolute Gasteiger partial charge is 0.359 e. The van der Waals surface area contributed by atoms with E-state index in [1.807, 2.05) is 0 Å². The number of hydrogen-bond acceptors (Lipinski definition) is 1. The number of halogens is 2. The number of nitrogens with one attached hydrogen (secondary N) is 1. The highest BCUT2D eigenvalue weighted by Crippen LogP contribution is 2.23. The van der Waals surface area contributed by atoms with Crippen LogP contribution in [-0.2, 0) is 6.42 Å². The fourth-order valence-electron chi connectivity index (χ4n) is 2.24. The summed E-state index contributed by atoms with van der Waals surface area (Å²) in [6, 6.07) is 2.31. The zero-order valence-corrected chi connectivity index (χ0v) is 10.8. The molecule has 0 bridgehead atoms. The van der Waals surface area contributed by atoms with E-state index in [-0.39, 0.29) is 0 Å². The first-order chi connectivity index (χ1) is 8.65. The van der Waals surface area contributed by atoms with E-state index in [2.05, 4.69) is 23.7 Å². The van der Waals surface area contributed by atoms with Gasteiger partial charge in [0, 0.05) is 24.2 Å².